The molecule has 0 aliphatic rings. The van der Waals surface area contributed by atoms with Crippen LogP contribution in [0.5, 0.6) is 5.75 Å². The highest BCUT2D eigenvalue weighted by molar-refractivity contribution is 6.06. The number of nitrogens with one attached hydrogen (secondary N) is 1. The van der Waals surface area contributed by atoms with Crippen molar-refractivity contribution in [2.24, 2.45) is 0 Å². The predicted molar refractivity (Wildman–Crippen MR) is 110 cm³/mol. The fourth-order valence-electron chi connectivity index (χ4n) is 3.38. The molecule has 1 amide bonds. The van der Waals surface area contributed by atoms with E-state index in [-0.39, 0.29) is 6.54 Å². The Morgan fingerprint density at radius 2 is 1.84 bits per heavy atom. The normalized spacial score (nSPS) is 11.5. The number of methoxy groups -OCH3 is 1. The molecule has 8 heteroatoms. The van der Waals surface area contributed by atoms with Gasteiger partial charge in [0.25, 0.3) is 5.91 Å². The summed E-state index contributed by atoms with van der Waals surface area (Å²) >= 11 is 0. The number of benzene rings is 3. The molecular formula is C23H18F3N3O2. The van der Waals surface area contributed by atoms with Crippen molar-refractivity contribution < 1.29 is 22.7 Å². The van der Waals surface area contributed by atoms with Crippen molar-refractivity contribution in [1.82, 2.24) is 15.1 Å². The summed E-state index contributed by atoms with van der Waals surface area (Å²) in [6.07, 6.45) is -2.85. The molecule has 0 saturated carbocycles. The summed E-state index contributed by atoms with van der Waals surface area (Å²) < 4.78 is 45.8. The maximum atomic E-state index is 12.9. The van der Waals surface area contributed by atoms with Crippen molar-refractivity contribution in [2.45, 2.75) is 12.7 Å². The first-order valence-corrected chi connectivity index (χ1v) is 9.43. The summed E-state index contributed by atoms with van der Waals surface area (Å²) in [4.78, 5) is 12.8. The number of halogens is 3. The maximum absolute atomic E-state index is 12.9. The minimum Gasteiger partial charge on any atom is -0.494 e. The lowest BCUT2D eigenvalue weighted by atomic mass is 10.1. The molecule has 0 atom stereocenters. The summed E-state index contributed by atoms with van der Waals surface area (Å²) in [5, 5.41) is 7.72. The van der Waals surface area contributed by atoms with Gasteiger partial charge in [-0.25, -0.2) is 4.68 Å². The Morgan fingerprint density at radius 3 is 2.61 bits per heavy atom. The van der Waals surface area contributed by atoms with Crippen LogP contribution in [-0.2, 0) is 12.7 Å². The van der Waals surface area contributed by atoms with Crippen LogP contribution in [0.15, 0.2) is 72.9 Å². The zero-order valence-corrected chi connectivity index (χ0v) is 16.5. The average molecular weight is 425 g/mol. The van der Waals surface area contributed by atoms with Crippen LogP contribution in [-0.4, -0.2) is 22.8 Å². The van der Waals surface area contributed by atoms with Crippen molar-refractivity contribution in [3.8, 4) is 11.4 Å². The molecule has 0 bridgehead atoms. The summed E-state index contributed by atoms with van der Waals surface area (Å²) in [5.74, 6) is 0.231. The van der Waals surface area contributed by atoms with Gasteiger partial charge >= 0.3 is 6.18 Å². The molecule has 4 rings (SSSR count). The van der Waals surface area contributed by atoms with Gasteiger partial charge in [0.05, 0.1) is 30.0 Å². The van der Waals surface area contributed by atoms with Crippen LogP contribution in [0, 0.1) is 0 Å². The molecule has 0 spiro atoms. The monoisotopic (exact) mass is 425 g/mol. The third-order valence-corrected chi connectivity index (χ3v) is 4.88. The molecule has 0 aliphatic carbocycles. The minimum atomic E-state index is -4.43. The molecule has 158 valence electrons. The summed E-state index contributed by atoms with van der Waals surface area (Å²) in [6.45, 7) is -0.0280. The molecule has 31 heavy (non-hydrogen) atoms. The lowest BCUT2D eigenvalue weighted by Gasteiger charge is -2.11. The van der Waals surface area contributed by atoms with E-state index in [0.717, 1.165) is 17.8 Å². The first-order chi connectivity index (χ1) is 14.9. The molecule has 1 aromatic heterocycles. The molecule has 0 fully saturated rings. The quantitative estimate of drug-likeness (QED) is 0.491. The molecule has 1 heterocycles. The average Bonchev–Trinajstić information content (AvgIpc) is 3.21. The highest BCUT2D eigenvalue weighted by Crippen LogP contribution is 2.30. The predicted octanol–water partition coefficient (Wildman–Crippen LogP) is 4.98. The van der Waals surface area contributed by atoms with E-state index in [1.807, 2.05) is 30.3 Å². The summed E-state index contributed by atoms with van der Waals surface area (Å²) in [7, 11) is 1.57. The number of amides is 1. The topological polar surface area (TPSA) is 56.2 Å². The van der Waals surface area contributed by atoms with Gasteiger partial charge in [-0.3, -0.25) is 4.79 Å². The standard InChI is InChI=1S/C23H18F3N3O2/c1-31-21-11-3-2-9-20(21)29-19-10-5-8-17(18(19)14-28-29)22(30)27-13-15-6-4-7-16(12-15)23(24,25)26/h2-12,14H,13H2,1H3,(H,27,30). The number of nitrogens with zero attached hydrogens (tertiary/aromatic N) is 2. The van der Waals surface area contributed by atoms with Crippen LogP contribution in [0.4, 0.5) is 13.2 Å². The summed E-state index contributed by atoms with van der Waals surface area (Å²) in [6, 6.07) is 17.5. The van der Waals surface area contributed by atoms with Crippen LogP contribution >= 0.6 is 0 Å². The Kier molecular flexibility index (Phi) is 5.37. The number of ether oxygens (including phenoxy) is 1. The Hall–Kier alpha value is -3.81. The van der Waals surface area contributed by atoms with Crippen molar-refractivity contribution in [3.05, 3.63) is 89.6 Å². The van der Waals surface area contributed by atoms with Gasteiger partial charge in [0.15, 0.2) is 0 Å². The van der Waals surface area contributed by atoms with Crippen molar-refractivity contribution in [2.75, 3.05) is 7.11 Å². The zero-order valence-electron chi connectivity index (χ0n) is 16.5. The third kappa shape index (κ3) is 4.09. The van der Waals surface area contributed by atoms with E-state index in [2.05, 4.69) is 10.4 Å². The molecule has 0 radical (unpaired) electrons. The van der Waals surface area contributed by atoms with Gasteiger partial charge < -0.3 is 10.1 Å². The molecule has 0 saturated heterocycles. The fourth-order valence-corrected chi connectivity index (χ4v) is 3.38. The fraction of sp³-hybridized carbons (Fsp3) is 0.130. The highest BCUT2D eigenvalue weighted by Gasteiger charge is 2.30. The lowest BCUT2D eigenvalue weighted by molar-refractivity contribution is -0.137. The smallest absolute Gasteiger partial charge is 0.416 e. The van der Waals surface area contributed by atoms with Gasteiger partial charge in [0.1, 0.15) is 11.4 Å². The van der Waals surface area contributed by atoms with Gasteiger partial charge in [-0.05, 0) is 42.0 Å². The number of carbonyl (C=O) groups excluding carboxylic acids is 1. The van der Waals surface area contributed by atoms with E-state index in [1.165, 1.54) is 12.1 Å². The SMILES string of the molecule is COc1ccccc1-n1ncc2c(C(=O)NCc3cccc(C(F)(F)F)c3)cccc21. The number of alkyl halides is 3. The maximum Gasteiger partial charge on any atom is 0.416 e. The highest BCUT2D eigenvalue weighted by atomic mass is 19.4. The largest absolute Gasteiger partial charge is 0.494 e. The van der Waals surface area contributed by atoms with Crippen molar-refractivity contribution >= 4 is 16.8 Å². The first-order valence-electron chi connectivity index (χ1n) is 9.43. The van der Waals surface area contributed by atoms with E-state index in [1.54, 1.807) is 30.1 Å². The van der Waals surface area contributed by atoms with Crippen LogP contribution < -0.4 is 10.1 Å². The van der Waals surface area contributed by atoms with E-state index in [4.69, 9.17) is 4.74 Å². The van der Waals surface area contributed by atoms with Crippen LogP contribution in [0.25, 0.3) is 16.6 Å². The van der Waals surface area contributed by atoms with Crippen LogP contribution in [0.2, 0.25) is 0 Å². The number of para-hydroxylation sites is 2. The van der Waals surface area contributed by atoms with E-state index in [9.17, 15) is 18.0 Å². The van der Waals surface area contributed by atoms with E-state index >= 15 is 0 Å². The minimum absolute atomic E-state index is 0.0280. The lowest BCUT2D eigenvalue weighted by Crippen LogP contribution is -2.23. The number of fused-ring (bicyclic) bond motifs is 1. The van der Waals surface area contributed by atoms with Gasteiger partial charge in [-0.1, -0.05) is 30.3 Å². The van der Waals surface area contributed by atoms with Crippen molar-refractivity contribution in [3.63, 3.8) is 0 Å². The Bertz CT molecular complexity index is 1250. The van der Waals surface area contributed by atoms with E-state index in [0.29, 0.717) is 27.8 Å². The zero-order chi connectivity index (χ0) is 22.0. The van der Waals surface area contributed by atoms with Crippen molar-refractivity contribution in [1.29, 1.82) is 0 Å². The second-order valence-electron chi connectivity index (χ2n) is 6.85. The Balaban J connectivity index is 1.61. The number of aromatic nitrogens is 2. The second-order valence-corrected chi connectivity index (χ2v) is 6.85. The molecule has 4 aromatic rings. The molecule has 3 aromatic carbocycles. The molecular weight excluding hydrogens is 407 g/mol. The number of hydrogen-bond acceptors (Lipinski definition) is 3. The van der Waals surface area contributed by atoms with Gasteiger partial charge in [0, 0.05) is 11.9 Å². The van der Waals surface area contributed by atoms with Gasteiger partial charge in [-0.15, -0.1) is 0 Å². The third-order valence-electron chi connectivity index (χ3n) is 4.88. The molecule has 5 nitrogen and oxygen atoms in total. The molecule has 1 N–H and O–H groups in total. The van der Waals surface area contributed by atoms with Gasteiger partial charge in [0.2, 0.25) is 0 Å². The molecule has 0 unspecified atom stereocenters. The first kappa shape index (κ1) is 20.5. The number of hydrogen-bond donors (Lipinski definition) is 1. The number of rotatable bonds is 5. The summed E-state index contributed by atoms with van der Waals surface area (Å²) in [5.41, 5.74) is 1.42. The number of carbonyl (C=O) groups is 1. The molecule has 0 aliphatic heterocycles. The Labute approximate surface area is 176 Å². The van der Waals surface area contributed by atoms with Gasteiger partial charge in [-0.2, -0.15) is 18.3 Å². The van der Waals surface area contributed by atoms with Crippen LogP contribution in [0.3, 0.4) is 0 Å². The Morgan fingerprint density at radius 1 is 1.06 bits per heavy atom. The van der Waals surface area contributed by atoms with Crippen LogP contribution in [0.1, 0.15) is 21.5 Å². The second kappa shape index (κ2) is 8.14. The van der Waals surface area contributed by atoms with E-state index < -0.39 is 17.6 Å².